The normalized spacial score (nSPS) is 12.3. The Labute approximate surface area is 143 Å². The highest BCUT2D eigenvalue weighted by molar-refractivity contribution is 8.00. The minimum absolute atomic E-state index is 0.0479. The van der Waals surface area contributed by atoms with Crippen molar-refractivity contribution in [2.45, 2.75) is 50.7 Å². The van der Waals surface area contributed by atoms with E-state index in [9.17, 15) is 4.79 Å². The summed E-state index contributed by atoms with van der Waals surface area (Å²) in [5, 5.41) is 2.99. The second-order valence-electron chi connectivity index (χ2n) is 6.26. The van der Waals surface area contributed by atoms with Gasteiger partial charge >= 0.3 is 0 Å². The Morgan fingerprint density at radius 2 is 1.65 bits per heavy atom. The van der Waals surface area contributed by atoms with Crippen LogP contribution in [0.3, 0.4) is 0 Å². The molecule has 2 aromatic carbocycles. The van der Waals surface area contributed by atoms with E-state index >= 15 is 0 Å². The van der Waals surface area contributed by atoms with E-state index in [1.165, 1.54) is 11.1 Å². The average Bonchev–Trinajstić information content (AvgIpc) is 2.51. The van der Waals surface area contributed by atoms with E-state index in [1.807, 2.05) is 26.0 Å². The second-order valence-corrected chi connectivity index (χ2v) is 7.67. The van der Waals surface area contributed by atoms with Crippen LogP contribution in [0.2, 0.25) is 0 Å². The lowest BCUT2D eigenvalue weighted by Gasteiger charge is -2.18. The number of aryl methyl sites for hydroxylation is 2. The smallest absolute Gasteiger partial charge is 0.237 e. The molecule has 0 saturated carbocycles. The highest BCUT2D eigenvalue weighted by Gasteiger charge is 2.17. The number of nitrogens with one attached hydrogen (secondary N) is 1. The minimum Gasteiger partial charge on any atom is -0.325 e. The SMILES string of the molecule is Cc1ccc(SC(C)C(=O)Nc2c(C)cccc2C(C)C)cc1. The van der Waals surface area contributed by atoms with Gasteiger partial charge in [0.05, 0.1) is 5.25 Å². The van der Waals surface area contributed by atoms with Crippen molar-refractivity contribution >= 4 is 23.4 Å². The third-order valence-electron chi connectivity index (χ3n) is 3.88. The Bertz CT molecular complexity index is 677. The molecule has 23 heavy (non-hydrogen) atoms. The molecule has 0 spiro atoms. The van der Waals surface area contributed by atoms with Crippen molar-refractivity contribution in [2.24, 2.45) is 0 Å². The molecule has 0 fully saturated rings. The largest absolute Gasteiger partial charge is 0.325 e. The Kier molecular flexibility index (Phi) is 5.89. The summed E-state index contributed by atoms with van der Waals surface area (Å²) in [6.07, 6.45) is 0. The van der Waals surface area contributed by atoms with E-state index in [2.05, 4.69) is 56.4 Å². The van der Waals surface area contributed by atoms with Gasteiger partial charge in [0, 0.05) is 10.6 Å². The molecule has 2 aromatic rings. The lowest BCUT2D eigenvalue weighted by Crippen LogP contribution is -2.23. The van der Waals surface area contributed by atoms with Crippen molar-refractivity contribution in [3.8, 4) is 0 Å². The van der Waals surface area contributed by atoms with Crippen molar-refractivity contribution in [1.29, 1.82) is 0 Å². The van der Waals surface area contributed by atoms with Crippen molar-refractivity contribution in [3.63, 3.8) is 0 Å². The fraction of sp³-hybridized carbons (Fsp3) is 0.350. The first-order valence-electron chi connectivity index (χ1n) is 8.02. The van der Waals surface area contributed by atoms with Crippen LogP contribution in [0.15, 0.2) is 47.4 Å². The lowest BCUT2D eigenvalue weighted by molar-refractivity contribution is -0.115. The second kappa shape index (κ2) is 7.69. The van der Waals surface area contributed by atoms with Gasteiger partial charge in [-0.15, -0.1) is 11.8 Å². The molecule has 0 aromatic heterocycles. The molecule has 2 nitrogen and oxygen atoms in total. The maximum absolute atomic E-state index is 12.6. The summed E-state index contributed by atoms with van der Waals surface area (Å²) in [7, 11) is 0. The summed E-state index contributed by atoms with van der Waals surface area (Å²) >= 11 is 1.59. The third kappa shape index (κ3) is 4.61. The molecule has 1 amide bonds. The number of carbonyl (C=O) groups excluding carboxylic acids is 1. The molecule has 1 unspecified atom stereocenters. The molecule has 122 valence electrons. The Hall–Kier alpha value is -1.74. The van der Waals surface area contributed by atoms with Gasteiger partial charge in [0.25, 0.3) is 0 Å². The van der Waals surface area contributed by atoms with Crippen LogP contribution in [0, 0.1) is 13.8 Å². The first-order chi connectivity index (χ1) is 10.9. The van der Waals surface area contributed by atoms with E-state index in [1.54, 1.807) is 11.8 Å². The number of anilines is 1. The van der Waals surface area contributed by atoms with Crippen LogP contribution in [-0.4, -0.2) is 11.2 Å². The Balaban J connectivity index is 2.11. The molecule has 1 atom stereocenters. The Morgan fingerprint density at radius 3 is 2.26 bits per heavy atom. The first-order valence-corrected chi connectivity index (χ1v) is 8.90. The number of hydrogen-bond donors (Lipinski definition) is 1. The quantitative estimate of drug-likeness (QED) is 0.730. The fourth-order valence-corrected chi connectivity index (χ4v) is 3.31. The van der Waals surface area contributed by atoms with Crippen LogP contribution in [-0.2, 0) is 4.79 Å². The predicted molar refractivity (Wildman–Crippen MR) is 100 cm³/mol. The fourth-order valence-electron chi connectivity index (χ4n) is 2.44. The summed E-state index contributed by atoms with van der Waals surface area (Å²) in [4.78, 5) is 13.7. The van der Waals surface area contributed by atoms with Gasteiger partial charge in [0.2, 0.25) is 5.91 Å². The number of rotatable bonds is 5. The maximum atomic E-state index is 12.6. The van der Waals surface area contributed by atoms with Gasteiger partial charge in [0.1, 0.15) is 0 Å². The van der Waals surface area contributed by atoms with E-state index in [-0.39, 0.29) is 11.2 Å². The molecule has 0 aliphatic carbocycles. The molecular weight excluding hydrogens is 302 g/mol. The van der Waals surface area contributed by atoms with Gasteiger partial charge in [-0.05, 0) is 49.9 Å². The van der Waals surface area contributed by atoms with Crippen molar-refractivity contribution in [3.05, 3.63) is 59.2 Å². The number of para-hydroxylation sites is 1. The molecule has 0 aliphatic rings. The zero-order valence-corrected chi connectivity index (χ0v) is 15.3. The summed E-state index contributed by atoms with van der Waals surface area (Å²) in [5.41, 5.74) is 4.49. The van der Waals surface area contributed by atoms with Crippen LogP contribution < -0.4 is 5.32 Å². The van der Waals surface area contributed by atoms with Gasteiger partial charge in [0.15, 0.2) is 0 Å². The van der Waals surface area contributed by atoms with Crippen molar-refractivity contribution in [1.82, 2.24) is 0 Å². The molecular formula is C20H25NOS. The topological polar surface area (TPSA) is 29.1 Å². The maximum Gasteiger partial charge on any atom is 0.237 e. The van der Waals surface area contributed by atoms with Crippen LogP contribution in [0.1, 0.15) is 43.4 Å². The highest BCUT2D eigenvalue weighted by Crippen LogP contribution is 2.29. The van der Waals surface area contributed by atoms with E-state index in [4.69, 9.17) is 0 Å². The molecule has 0 radical (unpaired) electrons. The summed E-state index contributed by atoms with van der Waals surface area (Å²) in [6.45, 7) is 10.4. The number of amides is 1. The number of hydrogen-bond acceptors (Lipinski definition) is 2. The highest BCUT2D eigenvalue weighted by atomic mass is 32.2. The molecule has 0 saturated heterocycles. The van der Waals surface area contributed by atoms with Crippen LogP contribution in [0.25, 0.3) is 0 Å². The van der Waals surface area contributed by atoms with Crippen molar-refractivity contribution < 1.29 is 4.79 Å². The van der Waals surface area contributed by atoms with Gasteiger partial charge < -0.3 is 5.32 Å². The van der Waals surface area contributed by atoms with Crippen LogP contribution in [0.4, 0.5) is 5.69 Å². The molecule has 0 bridgehead atoms. The molecule has 0 heterocycles. The molecule has 0 aliphatic heterocycles. The number of thioether (sulfide) groups is 1. The summed E-state index contributed by atoms with van der Waals surface area (Å²) in [5.74, 6) is 0.428. The standard InChI is InChI=1S/C20H25NOS/c1-13(2)18-8-6-7-15(4)19(18)21-20(22)16(5)23-17-11-9-14(3)10-12-17/h6-13,16H,1-5H3,(H,21,22). The Morgan fingerprint density at radius 1 is 1.00 bits per heavy atom. The monoisotopic (exact) mass is 327 g/mol. The molecule has 3 heteroatoms. The van der Waals surface area contributed by atoms with Crippen LogP contribution >= 0.6 is 11.8 Å². The minimum atomic E-state index is -0.141. The zero-order chi connectivity index (χ0) is 17.0. The number of benzene rings is 2. The van der Waals surface area contributed by atoms with Gasteiger partial charge in [-0.25, -0.2) is 0 Å². The van der Waals surface area contributed by atoms with Gasteiger partial charge in [-0.1, -0.05) is 49.7 Å². The molecule has 2 rings (SSSR count). The van der Waals surface area contributed by atoms with Crippen molar-refractivity contribution in [2.75, 3.05) is 5.32 Å². The lowest BCUT2D eigenvalue weighted by atomic mass is 9.98. The van der Waals surface area contributed by atoms with E-state index < -0.39 is 0 Å². The van der Waals surface area contributed by atoms with Gasteiger partial charge in [-0.2, -0.15) is 0 Å². The van der Waals surface area contributed by atoms with Gasteiger partial charge in [-0.3, -0.25) is 4.79 Å². The summed E-state index contributed by atoms with van der Waals surface area (Å²) in [6, 6.07) is 14.5. The van der Waals surface area contributed by atoms with Crippen LogP contribution in [0.5, 0.6) is 0 Å². The summed E-state index contributed by atoms with van der Waals surface area (Å²) < 4.78 is 0. The molecule has 1 N–H and O–H groups in total. The predicted octanol–water partition coefficient (Wildman–Crippen LogP) is 5.55. The first kappa shape index (κ1) is 17.6. The average molecular weight is 327 g/mol. The number of carbonyl (C=O) groups is 1. The van der Waals surface area contributed by atoms with E-state index in [0.29, 0.717) is 5.92 Å². The third-order valence-corrected chi connectivity index (χ3v) is 4.99. The van der Waals surface area contributed by atoms with E-state index in [0.717, 1.165) is 16.1 Å². The zero-order valence-electron chi connectivity index (χ0n) is 14.5.